The van der Waals surface area contributed by atoms with Gasteiger partial charge >= 0.3 is 0 Å². The Morgan fingerprint density at radius 2 is 2.03 bits per heavy atom. The fourth-order valence-corrected chi connectivity index (χ4v) is 5.03. The monoisotopic (exact) mass is 434 g/mol. The maximum Gasteiger partial charge on any atom is 0.272 e. The molecule has 1 aliphatic heterocycles. The molecule has 1 atom stereocenters. The smallest absolute Gasteiger partial charge is 0.272 e. The van der Waals surface area contributed by atoms with Gasteiger partial charge in [-0.25, -0.2) is 4.68 Å². The third-order valence-electron chi connectivity index (χ3n) is 6.50. The van der Waals surface area contributed by atoms with Gasteiger partial charge in [-0.15, -0.1) is 0 Å². The van der Waals surface area contributed by atoms with Gasteiger partial charge in [-0.3, -0.25) is 4.79 Å². The van der Waals surface area contributed by atoms with Crippen LogP contribution in [0.3, 0.4) is 0 Å². The molecule has 1 aliphatic carbocycles. The molecule has 6 heteroatoms. The lowest BCUT2D eigenvalue weighted by Crippen LogP contribution is -2.32. The first-order valence-corrected chi connectivity index (χ1v) is 11.4. The Balaban J connectivity index is 1.26. The lowest BCUT2D eigenvalue weighted by atomic mass is 10.1. The third-order valence-corrected chi connectivity index (χ3v) is 6.73. The van der Waals surface area contributed by atoms with Gasteiger partial charge < -0.3 is 10.2 Å². The van der Waals surface area contributed by atoms with Crippen molar-refractivity contribution in [2.24, 2.45) is 5.92 Å². The van der Waals surface area contributed by atoms with Crippen LogP contribution in [-0.4, -0.2) is 35.3 Å². The van der Waals surface area contributed by atoms with Crippen LogP contribution in [0.2, 0.25) is 5.02 Å². The molecule has 5 rings (SSSR count). The Morgan fingerprint density at radius 3 is 2.87 bits per heavy atom. The van der Waals surface area contributed by atoms with Crippen molar-refractivity contribution < 1.29 is 4.79 Å². The van der Waals surface area contributed by atoms with Gasteiger partial charge in [-0.2, -0.15) is 5.10 Å². The number of halogens is 1. The number of amides is 1. The van der Waals surface area contributed by atoms with E-state index in [1.165, 1.54) is 16.9 Å². The van der Waals surface area contributed by atoms with Crippen molar-refractivity contribution in [1.29, 1.82) is 0 Å². The minimum Gasteiger partial charge on any atom is -0.371 e. The van der Waals surface area contributed by atoms with E-state index in [-0.39, 0.29) is 5.91 Å². The summed E-state index contributed by atoms with van der Waals surface area (Å²) in [5.74, 6) is 0.372. The van der Waals surface area contributed by atoms with Crippen molar-refractivity contribution in [3.05, 3.63) is 76.1 Å². The van der Waals surface area contributed by atoms with Crippen LogP contribution >= 0.6 is 11.6 Å². The van der Waals surface area contributed by atoms with E-state index >= 15 is 0 Å². The molecule has 0 saturated carbocycles. The van der Waals surface area contributed by atoms with E-state index in [1.807, 2.05) is 47.1 Å². The van der Waals surface area contributed by atoms with Gasteiger partial charge in [0.05, 0.1) is 5.69 Å². The van der Waals surface area contributed by atoms with Crippen LogP contribution in [0.4, 0.5) is 5.69 Å². The second kappa shape index (κ2) is 8.39. The predicted molar refractivity (Wildman–Crippen MR) is 124 cm³/mol. The van der Waals surface area contributed by atoms with Crippen LogP contribution in [0.15, 0.2) is 48.5 Å². The molecule has 31 heavy (non-hydrogen) atoms. The highest BCUT2D eigenvalue weighted by Crippen LogP contribution is 2.30. The summed E-state index contributed by atoms with van der Waals surface area (Å²) in [5.41, 5.74) is 6.33. The fraction of sp³-hybridized carbons (Fsp3) is 0.360. The molecule has 2 aliphatic rings. The maximum absolute atomic E-state index is 13.0. The summed E-state index contributed by atoms with van der Waals surface area (Å²) in [4.78, 5) is 15.4. The van der Waals surface area contributed by atoms with Crippen molar-refractivity contribution in [2.45, 2.75) is 32.6 Å². The molecule has 1 unspecified atom stereocenters. The quantitative estimate of drug-likeness (QED) is 0.639. The number of nitrogens with zero attached hydrogens (tertiary/aromatic N) is 3. The second-order valence-electron chi connectivity index (χ2n) is 8.62. The Kier molecular flexibility index (Phi) is 5.45. The van der Waals surface area contributed by atoms with Crippen molar-refractivity contribution in [3.8, 4) is 5.69 Å². The highest BCUT2D eigenvalue weighted by Gasteiger charge is 2.28. The Morgan fingerprint density at radius 1 is 1.19 bits per heavy atom. The van der Waals surface area contributed by atoms with E-state index in [0.717, 1.165) is 55.0 Å². The molecule has 0 spiro atoms. The van der Waals surface area contributed by atoms with Gasteiger partial charge in [0.15, 0.2) is 5.69 Å². The average Bonchev–Trinajstić information content (AvgIpc) is 3.51. The number of aryl methyl sites for hydroxylation is 1. The number of benzene rings is 2. The highest BCUT2D eigenvalue weighted by molar-refractivity contribution is 6.30. The zero-order chi connectivity index (χ0) is 21.4. The largest absolute Gasteiger partial charge is 0.371 e. The Bertz CT molecular complexity index is 1110. The Hall–Kier alpha value is -2.79. The minimum atomic E-state index is -0.0507. The SMILES string of the molecule is Cc1ccc(Cl)cc1N1CCC(CNC(=O)c2nn(-c3ccccc3)c3c2CCC3)C1. The summed E-state index contributed by atoms with van der Waals surface area (Å²) in [7, 11) is 0. The summed E-state index contributed by atoms with van der Waals surface area (Å²) < 4.78 is 1.95. The molecule has 5 nitrogen and oxygen atoms in total. The van der Waals surface area contributed by atoms with Gasteiger partial charge in [0, 0.05) is 41.6 Å². The van der Waals surface area contributed by atoms with E-state index in [0.29, 0.717) is 18.2 Å². The molecular formula is C25H27ClN4O. The number of hydrogen-bond acceptors (Lipinski definition) is 3. The molecule has 2 heterocycles. The topological polar surface area (TPSA) is 50.2 Å². The minimum absolute atomic E-state index is 0.0507. The highest BCUT2D eigenvalue weighted by atomic mass is 35.5. The van der Waals surface area contributed by atoms with E-state index in [1.54, 1.807) is 0 Å². The van der Waals surface area contributed by atoms with Gasteiger partial charge in [0.1, 0.15) is 0 Å². The molecule has 1 fully saturated rings. The summed E-state index contributed by atoms with van der Waals surface area (Å²) in [6.45, 7) is 4.70. The van der Waals surface area contributed by atoms with E-state index in [2.05, 4.69) is 23.2 Å². The number of fused-ring (bicyclic) bond motifs is 1. The molecule has 1 saturated heterocycles. The fourth-order valence-electron chi connectivity index (χ4n) is 4.86. The van der Waals surface area contributed by atoms with Gasteiger partial charge in [-0.1, -0.05) is 35.9 Å². The molecule has 0 bridgehead atoms. The third kappa shape index (κ3) is 3.94. The molecule has 2 aromatic carbocycles. The van der Waals surface area contributed by atoms with Crippen molar-refractivity contribution in [3.63, 3.8) is 0 Å². The Labute approximate surface area is 188 Å². The van der Waals surface area contributed by atoms with E-state index < -0.39 is 0 Å². The predicted octanol–water partition coefficient (Wildman–Crippen LogP) is 4.58. The second-order valence-corrected chi connectivity index (χ2v) is 9.05. The number of rotatable bonds is 5. The summed E-state index contributed by atoms with van der Waals surface area (Å²) in [6.07, 6.45) is 4.04. The summed E-state index contributed by atoms with van der Waals surface area (Å²) in [5, 5.41) is 8.64. The number of nitrogens with one attached hydrogen (secondary N) is 1. The molecule has 160 valence electrons. The standard InChI is InChI=1S/C25H27ClN4O/c1-17-10-11-19(26)14-23(17)29-13-12-18(16-29)15-27-25(31)24-21-8-5-9-22(21)30(28-24)20-6-3-2-4-7-20/h2-4,6-7,10-11,14,18H,5,8-9,12-13,15-16H2,1H3,(H,27,31). The number of anilines is 1. The lowest BCUT2D eigenvalue weighted by molar-refractivity contribution is 0.0942. The zero-order valence-electron chi connectivity index (χ0n) is 17.8. The zero-order valence-corrected chi connectivity index (χ0v) is 18.5. The number of hydrogen-bond donors (Lipinski definition) is 1. The number of para-hydroxylation sites is 1. The number of aromatic nitrogens is 2. The van der Waals surface area contributed by atoms with Gasteiger partial charge in [-0.05, 0) is 68.4 Å². The summed E-state index contributed by atoms with van der Waals surface area (Å²) in [6, 6.07) is 16.1. The molecule has 1 amide bonds. The molecule has 1 N–H and O–H groups in total. The van der Waals surface area contributed by atoms with Crippen LogP contribution in [0.25, 0.3) is 5.69 Å². The summed E-state index contributed by atoms with van der Waals surface area (Å²) >= 11 is 6.20. The van der Waals surface area contributed by atoms with Crippen LogP contribution < -0.4 is 10.2 Å². The van der Waals surface area contributed by atoms with E-state index in [4.69, 9.17) is 16.7 Å². The molecule has 3 aromatic rings. The lowest BCUT2D eigenvalue weighted by Gasteiger charge is -2.21. The maximum atomic E-state index is 13.0. The van der Waals surface area contributed by atoms with E-state index in [9.17, 15) is 4.79 Å². The van der Waals surface area contributed by atoms with Crippen molar-refractivity contribution >= 4 is 23.2 Å². The molecule has 1 aromatic heterocycles. The van der Waals surface area contributed by atoms with Crippen LogP contribution in [0.5, 0.6) is 0 Å². The molecule has 0 radical (unpaired) electrons. The van der Waals surface area contributed by atoms with Crippen LogP contribution in [0, 0.1) is 12.8 Å². The molecular weight excluding hydrogens is 408 g/mol. The first-order valence-electron chi connectivity index (χ1n) is 11.1. The normalized spacial score (nSPS) is 17.7. The number of carbonyl (C=O) groups excluding carboxylic acids is 1. The van der Waals surface area contributed by atoms with Crippen LogP contribution in [-0.2, 0) is 12.8 Å². The first-order chi connectivity index (χ1) is 15.1. The average molecular weight is 435 g/mol. The van der Waals surface area contributed by atoms with Crippen molar-refractivity contribution in [2.75, 3.05) is 24.5 Å². The number of carbonyl (C=O) groups is 1. The van der Waals surface area contributed by atoms with Crippen molar-refractivity contribution in [1.82, 2.24) is 15.1 Å². The first kappa shape index (κ1) is 20.1. The van der Waals surface area contributed by atoms with Crippen LogP contribution in [0.1, 0.15) is 40.2 Å². The van der Waals surface area contributed by atoms with Gasteiger partial charge in [0.2, 0.25) is 0 Å². The van der Waals surface area contributed by atoms with Gasteiger partial charge in [0.25, 0.3) is 5.91 Å².